The second-order valence-corrected chi connectivity index (χ2v) is 6.16. The van der Waals surface area contributed by atoms with Crippen LogP contribution in [0, 0.1) is 5.41 Å². The smallest absolute Gasteiger partial charge is 0.189 e. The van der Waals surface area contributed by atoms with Crippen LogP contribution in [0.25, 0.3) is 0 Å². The second-order valence-electron chi connectivity index (χ2n) is 6.16. The van der Waals surface area contributed by atoms with Gasteiger partial charge in [0.25, 0.3) is 0 Å². The summed E-state index contributed by atoms with van der Waals surface area (Å²) in [5.41, 5.74) is 1.19. The predicted molar refractivity (Wildman–Crippen MR) is 71.7 cm³/mol. The van der Waals surface area contributed by atoms with Crippen LogP contribution >= 0.6 is 0 Å². The first-order chi connectivity index (χ1) is 8.46. The fourth-order valence-corrected chi connectivity index (χ4v) is 2.48. The van der Waals surface area contributed by atoms with E-state index in [-0.39, 0.29) is 18.5 Å². The number of hydrogen-bond acceptors (Lipinski definition) is 2. The quantitative estimate of drug-likeness (QED) is 0.767. The molecule has 1 fully saturated rings. The van der Waals surface area contributed by atoms with Crippen molar-refractivity contribution in [2.75, 3.05) is 6.61 Å². The summed E-state index contributed by atoms with van der Waals surface area (Å²) in [6.45, 7) is 4.83. The number of carbonyl (C=O) groups excluding carboxylic acids is 1. The molecule has 3 nitrogen and oxygen atoms in total. The van der Waals surface area contributed by atoms with Crippen molar-refractivity contribution in [3.05, 3.63) is 24.0 Å². The van der Waals surface area contributed by atoms with Crippen molar-refractivity contribution in [3.8, 4) is 0 Å². The lowest BCUT2D eigenvalue weighted by Gasteiger charge is -2.34. The van der Waals surface area contributed by atoms with Crippen LogP contribution in [0.5, 0.6) is 0 Å². The maximum atomic E-state index is 11.9. The minimum atomic E-state index is 0.0837. The molecule has 0 amide bonds. The molecule has 100 valence electrons. The second kappa shape index (κ2) is 5.27. The van der Waals surface area contributed by atoms with Gasteiger partial charge in [-0.25, -0.2) is 0 Å². The van der Waals surface area contributed by atoms with Crippen molar-refractivity contribution in [2.45, 2.75) is 45.6 Å². The van der Waals surface area contributed by atoms with Crippen LogP contribution in [0.3, 0.4) is 0 Å². The Morgan fingerprint density at radius 1 is 1.44 bits per heavy atom. The number of Topliss-reactive ketones (excluding diaryl/α,β-unsaturated/α-hetero) is 1. The first-order valence-corrected chi connectivity index (χ1v) is 6.73. The summed E-state index contributed by atoms with van der Waals surface area (Å²) in [7, 11) is 1.92. The Morgan fingerprint density at radius 3 is 2.67 bits per heavy atom. The normalized spacial score (nSPS) is 19.9. The molecule has 0 aliphatic heterocycles. The van der Waals surface area contributed by atoms with Crippen molar-refractivity contribution in [2.24, 2.45) is 12.5 Å². The van der Waals surface area contributed by atoms with Gasteiger partial charge in [-0.3, -0.25) is 4.79 Å². The number of rotatable bonds is 4. The van der Waals surface area contributed by atoms with Crippen LogP contribution in [-0.4, -0.2) is 23.1 Å². The maximum Gasteiger partial charge on any atom is 0.189 e. The lowest BCUT2D eigenvalue weighted by atomic mass is 9.76. The molecule has 0 radical (unpaired) electrons. The van der Waals surface area contributed by atoms with Gasteiger partial charge in [-0.05, 0) is 37.2 Å². The molecule has 1 heterocycles. The zero-order valence-corrected chi connectivity index (χ0v) is 11.6. The topological polar surface area (TPSA) is 31.2 Å². The lowest BCUT2D eigenvalue weighted by molar-refractivity contribution is 0.00862. The van der Waals surface area contributed by atoms with Gasteiger partial charge in [0.15, 0.2) is 5.78 Å². The van der Waals surface area contributed by atoms with E-state index in [0.717, 1.165) is 18.4 Å². The van der Waals surface area contributed by atoms with Gasteiger partial charge in [0.05, 0.1) is 6.10 Å². The molecular weight excluding hydrogens is 226 g/mol. The van der Waals surface area contributed by atoms with Crippen molar-refractivity contribution >= 4 is 5.78 Å². The van der Waals surface area contributed by atoms with Crippen LogP contribution in [0.4, 0.5) is 0 Å². The molecule has 18 heavy (non-hydrogen) atoms. The Bertz CT molecular complexity index is 410. The number of nitrogens with zero attached hydrogens (tertiary/aromatic N) is 1. The van der Waals surface area contributed by atoms with Crippen molar-refractivity contribution in [3.63, 3.8) is 0 Å². The third-order valence-electron chi connectivity index (χ3n) is 3.89. The van der Waals surface area contributed by atoms with Gasteiger partial charge in [0, 0.05) is 25.0 Å². The standard InChI is InChI=1S/C15H23NO2/c1-15(2)7-4-13(5-8-15)18-11-14(17)12-6-9-16(3)10-12/h6,9-10,13H,4-5,7-8,11H2,1-3H3. The summed E-state index contributed by atoms with van der Waals surface area (Å²) < 4.78 is 7.63. The molecule has 0 N–H and O–H groups in total. The van der Waals surface area contributed by atoms with E-state index in [1.807, 2.05) is 30.1 Å². The third-order valence-corrected chi connectivity index (χ3v) is 3.89. The molecule has 0 bridgehead atoms. The summed E-state index contributed by atoms with van der Waals surface area (Å²) in [6, 6.07) is 1.84. The molecule has 1 aliphatic rings. The highest BCUT2D eigenvalue weighted by Crippen LogP contribution is 2.36. The van der Waals surface area contributed by atoms with E-state index in [2.05, 4.69) is 13.8 Å². The first-order valence-electron chi connectivity index (χ1n) is 6.73. The summed E-state index contributed by atoms with van der Waals surface area (Å²) in [5.74, 6) is 0.0837. The fourth-order valence-electron chi connectivity index (χ4n) is 2.48. The molecule has 0 aromatic carbocycles. The number of aryl methyl sites for hydroxylation is 1. The average molecular weight is 249 g/mol. The van der Waals surface area contributed by atoms with Crippen LogP contribution in [0.1, 0.15) is 49.9 Å². The molecule has 1 aromatic rings. The summed E-state index contributed by atoms with van der Waals surface area (Å²) >= 11 is 0. The minimum Gasteiger partial charge on any atom is -0.370 e. The molecule has 3 heteroatoms. The van der Waals surface area contributed by atoms with E-state index in [9.17, 15) is 4.79 Å². The van der Waals surface area contributed by atoms with Crippen LogP contribution in [0.15, 0.2) is 18.5 Å². The summed E-state index contributed by atoms with van der Waals surface area (Å²) in [5, 5.41) is 0. The maximum absolute atomic E-state index is 11.9. The Balaban J connectivity index is 1.77. The van der Waals surface area contributed by atoms with E-state index in [1.165, 1.54) is 12.8 Å². The molecule has 0 saturated heterocycles. The average Bonchev–Trinajstić information content (AvgIpc) is 2.74. The van der Waals surface area contributed by atoms with E-state index in [1.54, 1.807) is 0 Å². The van der Waals surface area contributed by atoms with Crippen molar-refractivity contribution in [1.29, 1.82) is 0 Å². The molecule has 0 unspecified atom stereocenters. The van der Waals surface area contributed by atoms with E-state index in [4.69, 9.17) is 4.74 Å². The Morgan fingerprint density at radius 2 is 2.11 bits per heavy atom. The van der Waals surface area contributed by atoms with Gasteiger partial charge in [0.2, 0.25) is 0 Å². The fraction of sp³-hybridized carbons (Fsp3) is 0.667. The number of hydrogen-bond donors (Lipinski definition) is 0. The van der Waals surface area contributed by atoms with Crippen molar-refractivity contribution < 1.29 is 9.53 Å². The molecular formula is C15H23NO2. The predicted octanol–water partition coefficient (Wildman–Crippen LogP) is 3.19. The highest BCUT2D eigenvalue weighted by atomic mass is 16.5. The number of ketones is 1. The number of aromatic nitrogens is 1. The largest absolute Gasteiger partial charge is 0.370 e. The SMILES string of the molecule is Cn1ccc(C(=O)COC2CCC(C)(C)CC2)c1. The third kappa shape index (κ3) is 3.45. The summed E-state index contributed by atoms with van der Waals surface area (Å²) in [4.78, 5) is 11.9. The molecule has 0 spiro atoms. The Kier molecular flexibility index (Phi) is 3.91. The van der Waals surface area contributed by atoms with Gasteiger partial charge in [-0.1, -0.05) is 13.8 Å². The first kappa shape index (κ1) is 13.3. The van der Waals surface area contributed by atoms with Gasteiger partial charge < -0.3 is 9.30 Å². The molecule has 0 atom stereocenters. The minimum absolute atomic E-state index is 0.0837. The van der Waals surface area contributed by atoms with Crippen LogP contribution in [-0.2, 0) is 11.8 Å². The molecule has 1 saturated carbocycles. The van der Waals surface area contributed by atoms with Gasteiger partial charge >= 0.3 is 0 Å². The van der Waals surface area contributed by atoms with Gasteiger partial charge in [-0.2, -0.15) is 0 Å². The van der Waals surface area contributed by atoms with Crippen LogP contribution < -0.4 is 0 Å². The van der Waals surface area contributed by atoms with E-state index >= 15 is 0 Å². The molecule has 1 aromatic heterocycles. The Labute approximate surface area is 109 Å². The monoisotopic (exact) mass is 249 g/mol. The zero-order chi connectivity index (χ0) is 13.2. The molecule has 1 aliphatic carbocycles. The number of carbonyl (C=O) groups is 1. The van der Waals surface area contributed by atoms with E-state index in [0.29, 0.717) is 5.41 Å². The zero-order valence-electron chi connectivity index (χ0n) is 11.6. The molecule has 2 rings (SSSR count). The van der Waals surface area contributed by atoms with Crippen molar-refractivity contribution in [1.82, 2.24) is 4.57 Å². The lowest BCUT2D eigenvalue weighted by Crippen LogP contribution is -2.28. The number of ether oxygens (including phenoxy) is 1. The highest BCUT2D eigenvalue weighted by molar-refractivity contribution is 5.96. The highest BCUT2D eigenvalue weighted by Gasteiger charge is 2.27. The van der Waals surface area contributed by atoms with Gasteiger partial charge in [-0.15, -0.1) is 0 Å². The van der Waals surface area contributed by atoms with Gasteiger partial charge in [0.1, 0.15) is 6.61 Å². The van der Waals surface area contributed by atoms with Crippen LogP contribution in [0.2, 0.25) is 0 Å². The van der Waals surface area contributed by atoms with E-state index < -0.39 is 0 Å². The summed E-state index contributed by atoms with van der Waals surface area (Å²) in [6.07, 6.45) is 8.54. The Hall–Kier alpha value is -1.09.